The predicted octanol–water partition coefficient (Wildman–Crippen LogP) is 0.858. The van der Waals surface area contributed by atoms with E-state index in [1.54, 1.807) is 26.1 Å². The van der Waals surface area contributed by atoms with Crippen LogP contribution in [0.25, 0.3) is 0 Å². The lowest BCUT2D eigenvalue weighted by molar-refractivity contribution is -0.131. The van der Waals surface area contributed by atoms with Gasteiger partial charge in [0.25, 0.3) is 5.91 Å². The molecular formula is C10H18N2O2. The standard InChI is InChI=1S/C10H18N2O2/c1-8(11)5-6-9(2)12(3)10(13)7-14-4/h5-6H,7,11H2,1-4H3/b8-5+,9-6+. The summed E-state index contributed by atoms with van der Waals surface area (Å²) in [5.41, 5.74) is 7.00. The van der Waals surface area contributed by atoms with Crippen LogP contribution in [0, 0.1) is 0 Å². The molecule has 0 aromatic carbocycles. The Morgan fingerprint density at radius 1 is 1.43 bits per heavy atom. The first-order chi connectivity index (χ1) is 6.49. The predicted molar refractivity (Wildman–Crippen MR) is 56.3 cm³/mol. The van der Waals surface area contributed by atoms with Crippen molar-refractivity contribution < 1.29 is 9.53 Å². The Bertz CT molecular complexity index is 253. The van der Waals surface area contributed by atoms with Crippen molar-refractivity contribution >= 4 is 5.91 Å². The van der Waals surface area contributed by atoms with Crippen molar-refractivity contribution in [3.8, 4) is 0 Å². The Balaban J connectivity index is 4.38. The fourth-order valence-corrected chi connectivity index (χ4v) is 0.781. The third-order valence-corrected chi connectivity index (χ3v) is 1.76. The third kappa shape index (κ3) is 4.67. The number of methoxy groups -OCH3 is 1. The number of likely N-dealkylation sites (N-methyl/N-ethyl adjacent to an activating group) is 1. The molecule has 4 nitrogen and oxygen atoms in total. The minimum Gasteiger partial charge on any atom is -0.402 e. The number of carbonyl (C=O) groups is 1. The Morgan fingerprint density at radius 3 is 2.43 bits per heavy atom. The van der Waals surface area contributed by atoms with E-state index in [-0.39, 0.29) is 12.5 Å². The third-order valence-electron chi connectivity index (χ3n) is 1.76. The van der Waals surface area contributed by atoms with Crippen LogP contribution in [-0.2, 0) is 9.53 Å². The SMILES string of the molecule is COCC(=O)N(C)/C(C)=C/C=C(\C)N. The van der Waals surface area contributed by atoms with E-state index < -0.39 is 0 Å². The first-order valence-corrected chi connectivity index (χ1v) is 4.35. The molecule has 80 valence electrons. The van der Waals surface area contributed by atoms with Gasteiger partial charge in [0, 0.05) is 25.6 Å². The molecule has 0 fully saturated rings. The molecular weight excluding hydrogens is 180 g/mol. The van der Waals surface area contributed by atoms with E-state index in [4.69, 9.17) is 10.5 Å². The van der Waals surface area contributed by atoms with Crippen molar-refractivity contribution in [2.45, 2.75) is 13.8 Å². The van der Waals surface area contributed by atoms with Gasteiger partial charge < -0.3 is 15.4 Å². The molecule has 0 saturated carbocycles. The number of nitrogens with zero attached hydrogens (tertiary/aromatic N) is 1. The highest BCUT2D eigenvalue weighted by Gasteiger charge is 2.08. The molecule has 4 heteroatoms. The van der Waals surface area contributed by atoms with Gasteiger partial charge in [-0.25, -0.2) is 0 Å². The van der Waals surface area contributed by atoms with Gasteiger partial charge >= 0.3 is 0 Å². The molecule has 0 aliphatic carbocycles. The Hall–Kier alpha value is -1.29. The fourth-order valence-electron chi connectivity index (χ4n) is 0.781. The van der Waals surface area contributed by atoms with Crippen molar-refractivity contribution in [2.24, 2.45) is 5.73 Å². The molecule has 0 saturated heterocycles. The second-order valence-corrected chi connectivity index (χ2v) is 3.10. The molecule has 2 N–H and O–H groups in total. The molecule has 0 aromatic heterocycles. The number of hydrogen-bond donors (Lipinski definition) is 1. The van der Waals surface area contributed by atoms with Gasteiger partial charge in [-0.1, -0.05) is 0 Å². The molecule has 1 amide bonds. The van der Waals surface area contributed by atoms with Crippen LogP contribution in [0.3, 0.4) is 0 Å². The fraction of sp³-hybridized carbons (Fsp3) is 0.500. The van der Waals surface area contributed by atoms with Crippen LogP contribution in [0.2, 0.25) is 0 Å². The summed E-state index contributed by atoms with van der Waals surface area (Å²) >= 11 is 0. The molecule has 0 aliphatic rings. The molecule has 0 aromatic rings. The van der Waals surface area contributed by atoms with E-state index in [1.165, 1.54) is 12.0 Å². The van der Waals surface area contributed by atoms with Gasteiger partial charge in [0.15, 0.2) is 0 Å². The number of hydrogen-bond acceptors (Lipinski definition) is 3. The number of nitrogens with two attached hydrogens (primary N) is 1. The van der Waals surface area contributed by atoms with Gasteiger partial charge in [-0.15, -0.1) is 0 Å². The molecule has 0 heterocycles. The van der Waals surface area contributed by atoms with Crippen molar-refractivity contribution in [2.75, 3.05) is 20.8 Å². The maximum atomic E-state index is 11.3. The van der Waals surface area contributed by atoms with Crippen LogP contribution in [0.1, 0.15) is 13.8 Å². The van der Waals surface area contributed by atoms with E-state index >= 15 is 0 Å². The number of rotatable bonds is 4. The highest BCUT2D eigenvalue weighted by molar-refractivity contribution is 5.78. The molecule has 0 spiro atoms. The van der Waals surface area contributed by atoms with Gasteiger partial charge in [-0.2, -0.15) is 0 Å². The quantitative estimate of drug-likeness (QED) is 0.681. The van der Waals surface area contributed by atoms with Gasteiger partial charge in [-0.3, -0.25) is 4.79 Å². The summed E-state index contributed by atoms with van der Waals surface area (Å²) in [7, 11) is 3.20. The van der Waals surface area contributed by atoms with E-state index in [0.29, 0.717) is 5.70 Å². The van der Waals surface area contributed by atoms with Crippen LogP contribution in [0.4, 0.5) is 0 Å². The average Bonchev–Trinajstić information content (AvgIpc) is 2.13. The lowest BCUT2D eigenvalue weighted by Crippen LogP contribution is -2.28. The van der Waals surface area contributed by atoms with E-state index in [1.807, 2.05) is 6.92 Å². The monoisotopic (exact) mass is 198 g/mol. The van der Waals surface area contributed by atoms with Crippen molar-refractivity contribution in [1.29, 1.82) is 0 Å². The van der Waals surface area contributed by atoms with Crippen molar-refractivity contribution in [1.82, 2.24) is 4.90 Å². The molecule has 0 unspecified atom stereocenters. The zero-order valence-electron chi connectivity index (χ0n) is 9.20. The number of amides is 1. The summed E-state index contributed by atoms with van der Waals surface area (Å²) < 4.78 is 4.74. The van der Waals surface area contributed by atoms with Gasteiger partial charge in [-0.05, 0) is 26.0 Å². The topological polar surface area (TPSA) is 55.6 Å². The molecule has 0 aliphatic heterocycles. The van der Waals surface area contributed by atoms with Crippen LogP contribution in [0.15, 0.2) is 23.5 Å². The smallest absolute Gasteiger partial charge is 0.252 e. The Labute approximate surface area is 85.0 Å². The summed E-state index contributed by atoms with van der Waals surface area (Å²) in [5.74, 6) is -0.0793. The average molecular weight is 198 g/mol. The number of carbonyl (C=O) groups excluding carboxylic acids is 1. The Morgan fingerprint density at radius 2 is 2.00 bits per heavy atom. The second kappa shape index (κ2) is 6.21. The largest absolute Gasteiger partial charge is 0.402 e. The number of ether oxygens (including phenoxy) is 1. The number of allylic oxidation sites excluding steroid dienone is 4. The van der Waals surface area contributed by atoms with Crippen LogP contribution < -0.4 is 5.73 Å². The summed E-state index contributed by atoms with van der Waals surface area (Å²) in [6.45, 7) is 3.72. The zero-order chi connectivity index (χ0) is 11.1. The lowest BCUT2D eigenvalue weighted by Gasteiger charge is -2.16. The summed E-state index contributed by atoms with van der Waals surface area (Å²) in [4.78, 5) is 12.9. The molecule has 0 radical (unpaired) electrons. The summed E-state index contributed by atoms with van der Waals surface area (Å²) in [6.07, 6.45) is 3.55. The molecule has 0 rings (SSSR count). The van der Waals surface area contributed by atoms with Crippen LogP contribution in [0.5, 0.6) is 0 Å². The van der Waals surface area contributed by atoms with Gasteiger partial charge in [0.05, 0.1) is 0 Å². The van der Waals surface area contributed by atoms with Crippen LogP contribution >= 0.6 is 0 Å². The van der Waals surface area contributed by atoms with Gasteiger partial charge in [0.1, 0.15) is 6.61 Å². The molecule has 0 bridgehead atoms. The van der Waals surface area contributed by atoms with E-state index in [0.717, 1.165) is 5.70 Å². The molecule has 14 heavy (non-hydrogen) atoms. The zero-order valence-corrected chi connectivity index (χ0v) is 9.20. The summed E-state index contributed by atoms with van der Waals surface area (Å²) in [6, 6.07) is 0. The first kappa shape index (κ1) is 12.7. The second-order valence-electron chi connectivity index (χ2n) is 3.10. The van der Waals surface area contributed by atoms with E-state index in [2.05, 4.69) is 0 Å². The van der Waals surface area contributed by atoms with Crippen molar-refractivity contribution in [3.05, 3.63) is 23.5 Å². The Kier molecular flexibility index (Phi) is 5.64. The van der Waals surface area contributed by atoms with Gasteiger partial charge in [0.2, 0.25) is 0 Å². The minimum absolute atomic E-state index is 0.0793. The highest BCUT2D eigenvalue weighted by atomic mass is 16.5. The summed E-state index contributed by atoms with van der Waals surface area (Å²) in [5, 5.41) is 0. The first-order valence-electron chi connectivity index (χ1n) is 4.35. The normalized spacial score (nSPS) is 12.9. The molecule has 0 atom stereocenters. The lowest BCUT2D eigenvalue weighted by atomic mass is 10.3. The van der Waals surface area contributed by atoms with Crippen molar-refractivity contribution in [3.63, 3.8) is 0 Å². The highest BCUT2D eigenvalue weighted by Crippen LogP contribution is 2.01. The maximum absolute atomic E-state index is 11.3. The maximum Gasteiger partial charge on any atom is 0.252 e. The minimum atomic E-state index is -0.0793. The van der Waals surface area contributed by atoms with Crippen LogP contribution in [-0.4, -0.2) is 31.6 Å². The van der Waals surface area contributed by atoms with E-state index in [9.17, 15) is 4.79 Å².